The van der Waals surface area contributed by atoms with E-state index < -0.39 is 0 Å². The molecule has 2 aromatic rings. The minimum Gasteiger partial charge on any atom is -0.493 e. The molecule has 0 spiro atoms. The van der Waals surface area contributed by atoms with E-state index in [1.54, 1.807) is 7.11 Å². The number of carbonyl (C=O) groups is 1. The van der Waals surface area contributed by atoms with Gasteiger partial charge in [0.25, 0.3) is 5.91 Å². The maximum absolute atomic E-state index is 12.3. The van der Waals surface area contributed by atoms with Crippen molar-refractivity contribution < 1.29 is 14.3 Å². The molecule has 1 saturated heterocycles. The standard InChI is InChI=1S/C23H28N2O3S/c1-16-8-7-9-19(17(16)2)24-22(26)15-28-20-11-10-18(14-21(20)27-3)23(29)25-12-5-4-6-13-25/h7-11,14H,4-6,12-13,15H2,1-3H3,(H,24,26). The first-order valence-electron chi connectivity index (χ1n) is 9.96. The molecule has 2 aromatic carbocycles. The summed E-state index contributed by atoms with van der Waals surface area (Å²) in [6.07, 6.45) is 3.61. The molecular weight excluding hydrogens is 384 g/mol. The summed E-state index contributed by atoms with van der Waals surface area (Å²) in [6, 6.07) is 11.5. The van der Waals surface area contributed by atoms with Gasteiger partial charge < -0.3 is 19.7 Å². The number of piperidine rings is 1. The van der Waals surface area contributed by atoms with E-state index in [9.17, 15) is 4.79 Å². The Morgan fingerprint density at radius 2 is 1.86 bits per heavy atom. The molecule has 0 bridgehead atoms. The highest BCUT2D eigenvalue weighted by atomic mass is 32.1. The number of anilines is 1. The summed E-state index contributed by atoms with van der Waals surface area (Å²) in [5.74, 6) is 0.879. The second-order valence-corrected chi connectivity index (χ2v) is 7.69. The third kappa shape index (κ3) is 5.26. The first kappa shape index (κ1) is 21.1. The van der Waals surface area contributed by atoms with Crippen molar-refractivity contribution in [3.8, 4) is 11.5 Å². The topological polar surface area (TPSA) is 50.8 Å². The molecule has 1 N–H and O–H groups in total. The molecule has 0 saturated carbocycles. The third-order valence-electron chi connectivity index (χ3n) is 5.29. The molecule has 3 rings (SSSR count). The number of amides is 1. The van der Waals surface area contributed by atoms with Crippen molar-refractivity contribution in [2.75, 3.05) is 32.1 Å². The Morgan fingerprint density at radius 1 is 1.10 bits per heavy atom. The van der Waals surface area contributed by atoms with Crippen LogP contribution in [0.25, 0.3) is 0 Å². The van der Waals surface area contributed by atoms with Crippen LogP contribution in [0.15, 0.2) is 36.4 Å². The lowest BCUT2D eigenvalue weighted by Gasteiger charge is -2.29. The smallest absolute Gasteiger partial charge is 0.262 e. The van der Waals surface area contributed by atoms with Gasteiger partial charge in [-0.2, -0.15) is 0 Å². The summed E-state index contributed by atoms with van der Waals surface area (Å²) < 4.78 is 11.2. The van der Waals surface area contributed by atoms with Crippen molar-refractivity contribution in [2.24, 2.45) is 0 Å². The Balaban J connectivity index is 1.63. The highest BCUT2D eigenvalue weighted by Crippen LogP contribution is 2.29. The Bertz CT molecular complexity index is 892. The summed E-state index contributed by atoms with van der Waals surface area (Å²) in [4.78, 5) is 15.4. The van der Waals surface area contributed by atoms with Crippen LogP contribution in [-0.2, 0) is 4.79 Å². The van der Waals surface area contributed by atoms with Gasteiger partial charge in [0.15, 0.2) is 18.1 Å². The number of methoxy groups -OCH3 is 1. The van der Waals surface area contributed by atoms with Crippen LogP contribution in [0.1, 0.15) is 36.0 Å². The molecule has 0 atom stereocenters. The Labute approximate surface area is 178 Å². The van der Waals surface area contributed by atoms with E-state index >= 15 is 0 Å². The van der Waals surface area contributed by atoms with Gasteiger partial charge in [0, 0.05) is 24.3 Å². The molecule has 1 aliphatic rings. The van der Waals surface area contributed by atoms with Crippen LogP contribution in [0.5, 0.6) is 11.5 Å². The summed E-state index contributed by atoms with van der Waals surface area (Å²) in [5.41, 5.74) is 3.92. The predicted octanol–water partition coefficient (Wildman–Crippen LogP) is 4.49. The highest BCUT2D eigenvalue weighted by Gasteiger charge is 2.17. The first-order valence-corrected chi connectivity index (χ1v) is 10.4. The van der Waals surface area contributed by atoms with Crippen molar-refractivity contribution in [2.45, 2.75) is 33.1 Å². The highest BCUT2D eigenvalue weighted by molar-refractivity contribution is 7.80. The van der Waals surface area contributed by atoms with Gasteiger partial charge in [-0.3, -0.25) is 4.79 Å². The molecule has 1 fully saturated rings. The molecule has 154 valence electrons. The van der Waals surface area contributed by atoms with Crippen LogP contribution in [0.2, 0.25) is 0 Å². The zero-order chi connectivity index (χ0) is 20.8. The molecular formula is C23H28N2O3S. The molecule has 1 aliphatic heterocycles. The van der Waals surface area contributed by atoms with E-state index in [4.69, 9.17) is 21.7 Å². The second kappa shape index (κ2) is 9.74. The summed E-state index contributed by atoms with van der Waals surface area (Å²) >= 11 is 5.66. The SMILES string of the molecule is COc1cc(C(=S)N2CCCCC2)ccc1OCC(=O)Nc1cccc(C)c1C. The van der Waals surface area contributed by atoms with Crippen molar-refractivity contribution in [3.63, 3.8) is 0 Å². The third-order valence-corrected chi connectivity index (χ3v) is 5.79. The van der Waals surface area contributed by atoms with Gasteiger partial charge in [-0.05, 0) is 68.5 Å². The quantitative estimate of drug-likeness (QED) is 0.709. The molecule has 0 unspecified atom stereocenters. The van der Waals surface area contributed by atoms with Crippen LogP contribution in [0.3, 0.4) is 0 Å². The zero-order valence-corrected chi connectivity index (χ0v) is 18.1. The summed E-state index contributed by atoms with van der Waals surface area (Å²) in [5, 5.41) is 2.90. The van der Waals surface area contributed by atoms with Gasteiger partial charge in [-0.25, -0.2) is 0 Å². The summed E-state index contributed by atoms with van der Waals surface area (Å²) in [6.45, 7) is 5.90. The minimum absolute atomic E-state index is 0.0976. The van der Waals surface area contributed by atoms with E-state index in [1.165, 1.54) is 19.3 Å². The van der Waals surface area contributed by atoms with Crippen LogP contribution < -0.4 is 14.8 Å². The van der Waals surface area contributed by atoms with E-state index in [1.807, 2.05) is 50.2 Å². The lowest BCUT2D eigenvalue weighted by molar-refractivity contribution is -0.118. The van der Waals surface area contributed by atoms with Crippen LogP contribution in [0, 0.1) is 13.8 Å². The lowest BCUT2D eigenvalue weighted by Crippen LogP contribution is -2.34. The largest absolute Gasteiger partial charge is 0.493 e. The van der Waals surface area contributed by atoms with E-state index in [-0.39, 0.29) is 12.5 Å². The van der Waals surface area contributed by atoms with Gasteiger partial charge in [0.2, 0.25) is 0 Å². The number of rotatable bonds is 6. The number of hydrogen-bond acceptors (Lipinski definition) is 4. The number of thiocarbonyl (C=S) groups is 1. The number of carbonyl (C=O) groups excluding carboxylic acids is 1. The van der Waals surface area contributed by atoms with Gasteiger partial charge in [-0.1, -0.05) is 24.4 Å². The average molecular weight is 413 g/mol. The lowest BCUT2D eigenvalue weighted by atomic mass is 10.1. The van der Waals surface area contributed by atoms with Crippen molar-refractivity contribution in [3.05, 3.63) is 53.1 Å². The van der Waals surface area contributed by atoms with E-state index in [0.717, 1.165) is 40.5 Å². The summed E-state index contributed by atoms with van der Waals surface area (Å²) in [7, 11) is 1.59. The molecule has 0 radical (unpaired) electrons. The zero-order valence-electron chi connectivity index (χ0n) is 17.3. The first-order chi connectivity index (χ1) is 14.0. The number of benzene rings is 2. The fourth-order valence-corrected chi connectivity index (χ4v) is 3.73. The van der Waals surface area contributed by atoms with Crippen molar-refractivity contribution >= 4 is 28.8 Å². The van der Waals surface area contributed by atoms with E-state index in [0.29, 0.717) is 11.5 Å². The second-order valence-electron chi connectivity index (χ2n) is 7.30. The monoisotopic (exact) mass is 412 g/mol. The molecule has 29 heavy (non-hydrogen) atoms. The number of hydrogen-bond donors (Lipinski definition) is 1. The minimum atomic E-state index is -0.214. The van der Waals surface area contributed by atoms with Gasteiger partial charge in [0.1, 0.15) is 4.99 Å². The number of ether oxygens (including phenoxy) is 2. The van der Waals surface area contributed by atoms with Crippen molar-refractivity contribution in [1.82, 2.24) is 4.90 Å². The molecule has 1 amide bonds. The van der Waals surface area contributed by atoms with Crippen LogP contribution in [-0.4, -0.2) is 42.6 Å². The maximum atomic E-state index is 12.3. The number of likely N-dealkylation sites (tertiary alicyclic amines) is 1. The molecule has 1 heterocycles. The normalized spacial score (nSPS) is 13.7. The Hall–Kier alpha value is -2.60. The number of aryl methyl sites for hydroxylation is 1. The van der Waals surface area contributed by atoms with Gasteiger partial charge in [-0.15, -0.1) is 0 Å². The van der Waals surface area contributed by atoms with Crippen LogP contribution in [0.4, 0.5) is 5.69 Å². The Morgan fingerprint density at radius 3 is 2.59 bits per heavy atom. The van der Waals surface area contributed by atoms with Crippen molar-refractivity contribution in [1.29, 1.82) is 0 Å². The number of nitrogens with one attached hydrogen (secondary N) is 1. The Kier molecular flexibility index (Phi) is 7.09. The fraction of sp³-hybridized carbons (Fsp3) is 0.391. The van der Waals surface area contributed by atoms with Gasteiger partial charge in [0.05, 0.1) is 7.11 Å². The fourth-order valence-electron chi connectivity index (χ4n) is 3.42. The maximum Gasteiger partial charge on any atom is 0.262 e. The molecule has 5 nitrogen and oxygen atoms in total. The molecule has 6 heteroatoms. The average Bonchev–Trinajstić information content (AvgIpc) is 2.75. The number of nitrogens with zero attached hydrogens (tertiary/aromatic N) is 1. The molecule has 0 aromatic heterocycles. The van der Waals surface area contributed by atoms with E-state index in [2.05, 4.69) is 10.2 Å². The predicted molar refractivity (Wildman–Crippen MR) is 120 cm³/mol. The van der Waals surface area contributed by atoms with Crippen LogP contribution >= 0.6 is 12.2 Å². The van der Waals surface area contributed by atoms with Gasteiger partial charge >= 0.3 is 0 Å². The molecule has 0 aliphatic carbocycles.